The molecule has 98 valence electrons. The van der Waals surface area contributed by atoms with E-state index < -0.39 is 0 Å². The van der Waals surface area contributed by atoms with Gasteiger partial charge in [-0.1, -0.05) is 12.1 Å². The maximum absolute atomic E-state index is 8.96. The van der Waals surface area contributed by atoms with E-state index in [-0.39, 0.29) is 11.9 Å². The van der Waals surface area contributed by atoms with Crippen molar-refractivity contribution < 1.29 is 0 Å². The molecule has 2 aromatic rings. The van der Waals surface area contributed by atoms with Crippen LogP contribution in [0.5, 0.6) is 0 Å². The Morgan fingerprint density at radius 2 is 2.11 bits per heavy atom. The van der Waals surface area contributed by atoms with Crippen LogP contribution >= 0.6 is 0 Å². The molecule has 0 saturated heterocycles. The second-order valence-electron chi connectivity index (χ2n) is 4.49. The Morgan fingerprint density at radius 1 is 1.37 bits per heavy atom. The molecule has 0 spiro atoms. The van der Waals surface area contributed by atoms with Gasteiger partial charge in [-0.2, -0.15) is 10.2 Å². The number of hydrogen-bond acceptors (Lipinski definition) is 5. The fraction of sp³-hybridized carbons (Fsp3) is 0.357. The van der Waals surface area contributed by atoms with E-state index in [1.54, 1.807) is 0 Å². The lowest BCUT2D eigenvalue weighted by molar-refractivity contribution is 0.681. The van der Waals surface area contributed by atoms with Crippen LogP contribution in [0, 0.1) is 17.2 Å². The van der Waals surface area contributed by atoms with Gasteiger partial charge in [-0.25, -0.2) is 4.98 Å². The molecule has 5 nitrogen and oxygen atoms in total. The minimum Gasteiger partial charge on any atom is -0.368 e. The van der Waals surface area contributed by atoms with Crippen molar-refractivity contribution in [3.63, 3.8) is 0 Å². The molecule has 1 atom stereocenters. The van der Waals surface area contributed by atoms with Crippen LogP contribution in [0.1, 0.15) is 13.8 Å². The summed E-state index contributed by atoms with van der Waals surface area (Å²) in [5.74, 6) is 0.999. The molecule has 0 fully saturated rings. The van der Waals surface area contributed by atoms with Gasteiger partial charge in [-0.15, -0.1) is 0 Å². The molecular formula is C14H17N5. The molecule has 0 radical (unpaired) electrons. The third-order valence-corrected chi connectivity index (χ3v) is 3.00. The molecule has 1 aromatic heterocycles. The largest absolute Gasteiger partial charge is 0.368 e. The van der Waals surface area contributed by atoms with Gasteiger partial charge in [0.15, 0.2) is 0 Å². The minimum absolute atomic E-state index is 0.0603. The SMILES string of the molecule is CCN(CC(C)C#N)c1nc(N)nc2ccccc12. The number of aromatic nitrogens is 2. The quantitative estimate of drug-likeness (QED) is 0.906. The summed E-state index contributed by atoms with van der Waals surface area (Å²) in [5.41, 5.74) is 6.59. The number of nitrogens with two attached hydrogens (primary N) is 1. The summed E-state index contributed by atoms with van der Waals surface area (Å²) in [6, 6.07) is 10.0. The van der Waals surface area contributed by atoms with Crippen molar-refractivity contribution in [1.29, 1.82) is 5.26 Å². The maximum atomic E-state index is 8.96. The number of nitrogen functional groups attached to an aromatic ring is 1. The van der Waals surface area contributed by atoms with E-state index in [1.807, 2.05) is 38.1 Å². The second kappa shape index (κ2) is 5.53. The van der Waals surface area contributed by atoms with Gasteiger partial charge in [-0.3, -0.25) is 0 Å². The molecule has 1 aromatic carbocycles. The van der Waals surface area contributed by atoms with Crippen molar-refractivity contribution in [3.05, 3.63) is 24.3 Å². The van der Waals surface area contributed by atoms with Crippen LogP contribution in [0.4, 0.5) is 11.8 Å². The Hall–Kier alpha value is -2.35. The monoisotopic (exact) mass is 255 g/mol. The van der Waals surface area contributed by atoms with E-state index in [0.29, 0.717) is 6.54 Å². The van der Waals surface area contributed by atoms with Crippen molar-refractivity contribution in [3.8, 4) is 6.07 Å². The zero-order valence-electron chi connectivity index (χ0n) is 11.2. The molecule has 0 amide bonds. The van der Waals surface area contributed by atoms with Crippen LogP contribution in [0.25, 0.3) is 10.9 Å². The van der Waals surface area contributed by atoms with Crippen molar-refractivity contribution in [2.75, 3.05) is 23.7 Å². The first-order chi connectivity index (χ1) is 9.15. The van der Waals surface area contributed by atoms with Gasteiger partial charge >= 0.3 is 0 Å². The molecule has 0 aliphatic carbocycles. The zero-order chi connectivity index (χ0) is 13.8. The van der Waals surface area contributed by atoms with E-state index in [9.17, 15) is 0 Å². The van der Waals surface area contributed by atoms with Crippen molar-refractivity contribution in [1.82, 2.24) is 9.97 Å². The molecule has 2 N–H and O–H groups in total. The lowest BCUT2D eigenvalue weighted by Crippen LogP contribution is -2.29. The highest BCUT2D eigenvalue weighted by Gasteiger charge is 2.14. The van der Waals surface area contributed by atoms with Crippen LogP contribution < -0.4 is 10.6 Å². The summed E-state index contributed by atoms with van der Waals surface area (Å²) in [6.07, 6.45) is 0. The standard InChI is InChI=1S/C14H17N5/c1-3-19(9-10(2)8-15)13-11-6-4-5-7-12(11)17-14(16)18-13/h4-7,10H,3,9H2,1-2H3,(H2,16,17,18). The van der Waals surface area contributed by atoms with Crippen molar-refractivity contribution in [2.45, 2.75) is 13.8 Å². The fourth-order valence-electron chi connectivity index (χ4n) is 2.06. The summed E-state index contributed by atoms with van der Waals surface area (Å²) in [4.78, 5) is 10.6. The predicted octanol–water partition coefficient (Wildman–Crippen LogP) is 2.20. The lowest BCUT2D eigenvalue weighted by Gasteiger charge is -2.24. The first-order valence-corrected chi connectivity index (χ1v) is 6.32. The Bertz CT molecular complexity index is 617. The maximum Gasteiger partial charge on any atom is 0.222 e. The first kappa shape index (κ1) is 13.1. The van der Waals surface area contributed by atoms with Gasteiger partial charge in [0.1, 0.15) is 5.82 Å². The van der Waals surface area contributed by atoms with E-state index in [0.717, 1.165) is 23.3 Å². The van der Waals surface area contributed by atoms with Crippen LogP contribution in [-0.2, 0) is 0 Å². The normalized spacial score (nSPS) is 12.1. The van der Waals surface area contributed by atoms with Crippen LogP contribution in [-0.4, -0.2) is 23.1 Å². The molecule has 1 unspecified atom stereocenters. The number of hydrogen-bond donors (Lipinski definition) is 1. The summed E-state index contributed by atoms with van der Waals surface area (Å²) >= 11 is 0. The zero-order valence-corrected chi connectivity index (χ0v) is 11.2. The first-order valence-electron chi connectivity index (χ1n) is 6.32. The summed E-state index contributed by atoms with van der Waals surface area (Å²) in [5, 5.41) is 9.92. The number of nitriles is 1. The van der Waals surface area contributed by atoms with Crippen molar-refractivity contribution >= 4 is 22.7 Å². The topological polar surface area (TPSA) is 78.8 Å². The molecule has 5 heteroatoms. The van der Waals surface area contributed by atoms with Gasteiger partial charge in [0.25, 0.3) is 0 Å². The number of rotatable bonds is 4. The van der Waals surface area contributed by atoms with Gasteiger partial charge in [-0.05, 0) is 26.0 Å². The Kier molecular flexibility index (Phi) is 3.81. The average Bonchev–Trinajstić information content (AvgIpc) is 2.43. The summed E-state index contributed by atoms with van der Waals surface area (Å²) < 4.78 is 0. The molecule has 0 aliphatic rings. The number of anilines is 2. The Labute approximate surface area is 112 Å². The number of nitrogens with zero attached hydrogens (tertiary/aromatic N) is 4. The predicted molar refractivity (Wildman–Crippen MR) is 76.6 cm³/mol. The van der Waals surface area contributed by atoms with Crippen molar-refractivity contribution in [2.24, 2.45) is 5.92 Å². The number of para-hydroxylation sites is 1. The highest BCUT2D eigenvalue weighted by atomic mass is 15.2. The summed E-state index contributed by atoms with van der Waals surface area (Å²) in [6.45, 7) is 5.34. The highest BCUT2D eigenvalue weighted by Crippen LogP contribution is 2.24. The van der Waals surface area contributed by atoms with Gasteiger partial charge < -0.3 is 10.6 Å². The fourth-order valence-corrected chi connectivity index (χ4v) is 2.06. The molecule has 19 heavy (non-hydrogen) atoms. The van der Waals surface area contributed by atoms with Crippen LogP contribution in [0.3, 0.4) is 0 Å². The third kappa shape index (κ3) is 2.74. The van der Waals surface area contributed by atoms with E-state index in [4.69, 9.17) is 11.0 Å². The molecule has 1 heterocycles. The summed E-state index contributed by atoms with van der Waals surface area (Å²) in [7, 11) is 0. The lowest BCUT2D eigenvalue weighted by atomic mass is 10.1. The van der Waals surface area contributed by atoms with E-state index in [2.05, 4.69) is 20.9 Å². The molecular weight excluding hydrogens is 238 g/mol. The van der Waals surface area contributed by atoms with Gasteiger partial charge in [0.2, 0.25) is 5.95 Å². The Morgan fingerprint density at radius 3 is 2.79 bits per heavy atom. The van der Waals surface area contributed by atoms with E-state index in [1.165, 1.54) is 0 Å². The minimum atomic E-state index is -0.0603. The smallest absolute Gasteiger partial charge is 0.222 e. The van der Waals surface area contributed by atoms with E-state index >= 15 is 0 Å². The molecule has 2 rings (SSSR count). The number of fused-ring (bicyclic) bond motifs is 1. The van der Waals surface area contributed by atoms with Crippen LogP contribution in [0.2, 0.25) is 0 Å². The van der Waals surface area contributed by atoms with Crippen LogP contribution in [0.15, 0.2) is 24.3 Å². The molecule has 0 bridgehead atoms. The van der Waals surface area contributed by atoms with Gasteiger partial charge in [0, 0.05) is 18.5 Å². The number of benzene rings is 1. The second-order valence-corrected chi connectivity index (χ2v) is 4.49. The van der Waals surface area contributed by atoms with Gasteiger partial charge in [0.05, 0.1) is 17.5 Å². The Balaban J connectivity index is 2.50. The third-order valence-electron chi connectivity index (χ3n) is 3.00. The highest BCUT2D eigenvalue weighted by molar-refractivity contribution is 5.90. The average molecular weight is 255 g/mol. The molecule has 0 saturated carbocycles. The molecule has 0 aliphatic heterocycles.